The Morgan fingerprint density at radius 3 is 2.76 bits per heavy atom. The number of rotatable bonds is 6. The van der Waals surface area contributed by atoms with E-state index in [1.807, 2.05) is 5.32 Å². The summed E-state index contributed by atoms with van der Waals surface area (Å²) in [5, 5.41) is 15.8. The lowest BCUT2D eigenvalue weighted by Gasteiger charge is -2.23. The molecule has 2 heterocycles. The van der Waals surface area contributed by atoms with Crippen LogP contribution < -0.4 is 11.1 Å². The Bertz CT molecular complexity index is 1390. The van der Waals surface area contributed by atoms with Crippen LogP contribution in [0.1, 0.15) is 27.6 Å². The summed E-state index contributed by atoms with van der Waals surface area (Å²) in [5.41, 5.74) is 6.35. The molecule has 1 atom stereocenters. The van der Waals surface area contributed by atoms with E-state index in [2.05, 4.69) is 10.1 Å². The van der Waals surface area contributed by atoms with Gasteiger partial charge in [0.05, 0.1) is 17.1 Å². The Morgan fingerprint density at radius 2 is 2.03 bits per heavy atom. The number of hydrogen-bond acceptors (Lipinski definition) is 5. The maximum Gasteiger partial charge on any atom is 0.294 e. The van der Waals surface area contributed by atoms with Crippen molar-refractivity contribution in [1.29, 1.82) is 0 Å². The molecular weight excluding hydrogens is 471 g/mol. The van der Waals surface area contributed by atoms with Crippen LogP contribution in [0.2, 0.25) is 5.02 Å². The van der Waals surface area contributed by atoms with E-state index in [0.717, 1.165) is 0 Å². The van der Waals surface area contributed by atoms with Crippen molar-refractivity contribution < 1.29 is 23.1 Å². The second-order valence-electron chi connectivity index (χ2n) is 7.73. The molecule has 4 aromatic rings. The van der Waals surface area contributed by atoms with E-state index in [4.69, 9.17) is 17.3 Å². The zero-order valence-corrected chi connectivity index (χ0v) is 18.5. The van der Waals surface area contributed by atoms with Gasteiger partial charge in [0, 0.05) is 11.8 Å². The molecular formula is C23H19ClF3N5O2. The third kappa shape index (κ3) is 4.55. The lowest BCUT2D eigenvalue weighted by Crippen LogP contribution is -2.41. The standard InChI is InChI=1S/C23H19ClF3N5O2/c1-12-3-2-4-14(9-12)20(33)23(26,27)11-29-21(34)18-16(24)6-5-15(19(18)25)13-7-8-32-17(10-13)30-22(28)31-32/h2-10,20,33H,11H2,1H3,(H2,28,31)(H,29,34)/t20-/m1/s1. The Morgan fingerprint density at radius 1 is 1.26 bits per heavy atom. The molecule has 11 heteroatoms. The van der Waals surface area contributed by atoms with Gasteiger partial charge in [0.1, 0.15) is 11.9 Å². The van der Waals surface area contributed by atoms with Crippen molar-refractivity contribution in [2.75, 3.05) is 12.3 Å². The second kappa shape index (κ2) is 8.96. The predicted octanol–water partition coefficient (Wildman–Crippen LogP) is 4.18. The van der Waals surface area contributed by atoms with Gasteiger partial charge in [-0.25, -0.2) is 17.7 Å². The van der Waals surface area contributed by atoms with E-state index in [1.165, 1.54) is 53.2 Å². The fourth-order valence-corrected chi connectivity index (χ4v) is 3.75. The van der Waals surface area contributed by atoms with E-state index in [1.54, 1.807) is 13.0 Å². The summed E-state index contributed by atoms with van der Waals surface area (Å²) in [4.78, 5) is 16.7. The SMILES string of the molecule is Cc1cccc([C@@H](O)C(F)(F)CNC(=O)c2c(Cl)ccc(-c3ccn4nc(N)nc4c3)c2F)c1. The minimum Gasteiger partial charge on any atom is -0.382 e. The van der Waals surface area contributed by atoms with Gasteiger partial charge in [-0.05, 0) is 42.3 Å². The number of amides is 1. The van der Waals surface area contributed by atoms with Crippen molar-refractivity contribution in [3.05, 3.63) is 82.3 Å². The van der Waals surface area contributed by atoms with Crippen LogP contribution in [0.3, 0.4) is 0 Å². The third-order valence-electron chi connectivity index (χ3n) is 5.23. The summed E-state index contributed by atoms with van der Waals surface area (Å²) in [6, 6.07) is 11.7. The number of nitrogens with two attached hydrogens (primary N) is 1. The van der Waals surface area contributed by atoms with Crippen LogP contribution in [0.25, 0.3) is 16.8 Å². The lowest BCUT2D eigenvalue weighted by atomic mass is 10.0. The number of aliphatic hydroxyl groups is 1. The number of nitrogen functional groups attached to an aromatic ring is 1. The zero-order chi connectivity index (χ0) is 24.6. The summed E-state index contributed by atoms with van der Waals surface area (Å²) in [5.74, 6) is -5.83. The highest BCUT2D eigenvalue weighted by Crippen LogP contribution is 2.33. The zero-order valence-electron chi connectivity index (χ0n) is 17.8. The Hall–Kier alpha value is -3.63. The van der Waals surface area contributed by atoms with Gasteiger partial charge in [0.15, 0.2) is 5.65 Å². The molecule has 176 valence electrons. The lowest BCUT2D eigenvalue weighted by molar-refractivity contribution is -0.106. The molecule has 0 spiro atoms. The van der Waals surface area contributed by atoms with Crippen molar-refractivity contribution in [3.63, 3.8) is 0 Å². The largest absolute Gasteiger partial charge is 0.382 e. The van der Waals surface area contributed by atoms with Crippen LogP contribution in [0.4, 0.5) is 19.1 Å². The quantitative estimate of drug-likeness (QED) is 0.377. The normalized spacial score (nSPS) is 12.6. The van der Waals surface area contributed by atoms with E-state index < -0.39 is 35.9 Å². The molecule has 1 amide bonds. The van der Waals surface area contributed by atoms with Gasteiger partial charge in [-0.3, -0.25) is 4.79 Å². The van der Waals surface area contributed by atoms with Gasteiger partial charge in [-0.1, -0.05) is 41.4 Å². The average Bonchev–Trinajstić information content (AvgIpc) is 3.16. The number of alkyl halides is 2. The predicted molar refractivity (Wildman–Crippen MR) is 121 cm³/mol. The molecule has 4 rings (SSSR count). The number of halogens is 4. The Balaban J connectivity index is 1.58. The molecule has 2 aromatic heterocycles. The smallest absolute Gasteiger partial charge is 0.294 e. The number of aromatic nitrogens is 3. The number of nitrogens with one attached hydrogen (secondary N) is 1. The fourth-order valence-electron chi connectivity index (χ4n) is 3.52. The van der Waals surface area contributed by atoms with Gasteiger partial charge in [-0.15, -0.1) is 5.10 Å². The van der Waals surface area contributed by atoms with Crippen molar-refractivity contribution in [3.8, 4) is 11.1 Å². The molecule has 0 bridgehead atoms. The molecule has 0 unspecified atom stereocenters. The third-order valence-corrected chi connectivity index (χ3v) is 5.54. The molecule has 34 heavy (non-hydrogen) atoms. The fraction of sp³-hybridized carbons (Fsp3) is 0.174. The molecule has 0 saturated heterocycles. The maximum absolute atomic E-state index is 15.3. The van der Waals surface area contributed by atoms with Crippen LogP contribution >= 0.6 is 11.6 Å². The van der Waals surface area contributed by atoms with Crippen molar-refractivity contribution in [1.82, 2.24) is 19.9 Å². The van der Waals surface area contributed by atoms with Gasteiger partial charge in [0.25, 0.3) is 11.8 Å². The molecule has 0 fully saturated rings. The van der Waals surface area contributed by atoms with Crippen molar-refractivity contribution >= 4 is 29.1 Å². The van der Waals surface area contributed by atoms with Crippen LogP contribution in [0.15, 0.2) is 54.7 Å². The molecule has 0 aliphatic carbocycles. The molecule has 0 saturated carbocycles. The molecule has 0 radical (unpaired) electrons. The number of hydrogen-bond donors (Lipinski definition) is 3. The second-order valence-corrected chi connectivity index (χ2v) is 8.14. The first-order valence-corrected chi connectivity index (χ1v) is 10.5. The Kier molecular flexibility index (Phi) is 6.20. The monoisotopic (exact) mass is 489 g/mol. The van der Waals surface area contributed by atoms with Crippen LogP contribution in [0.5, 0.6) is 0 Å². The summed E-state index contributed by atoms with van der Waals surface area (Å²) in [6.45, 7) is 0.468. The molecule has 0 aliphatic heterocycles. The highest BCUT2D eigenvalue weighted by molar-refractivity contribution is 6.34. The van der Waals surface area contributed by atoms with Gasteiger partial charge < -0.3 is 16.2 Å². The number of aliphatic hydroxyl groups excluding tert-OH is 1. The maximum atomic E-state index is 15.3. The van der Waals surface area contributed by atoms with E-state index in [0.29, 0.717) is 16.8 Å². The van der Waals surface area contributed by atoms with E-state index in [-0.39, 0.29) is 22.1 Å². The van der Waals surface area contributed by atoms with E-state index >= 15 is 4.39 Å². The van der Waals surface area contributed by atoms with Crippen molar-refractivity contribution in [2.24, 2.45) is 0 Å². The number of aryl methyl sites for hydroxylation is 1. The minimum atomic E-state index is -3.72. The first-order chi connectivity index (χ1) is 16.1. The highest BCUT2D eigenvalue weighted by Gasteiger charge is 2.40. The first-order valence-electron chi connectivity index (χ1n) is 10.1. The summed E-state index contributed by atoms with van der Waals surface area (Å²) in [7, 11) is 0. The molecule has 4 N–H and O–H groups in total. The number of benzene rings is 2. The molecule has 7 nitrogen and oxygen atoms in total. The van der Waals surface area contributed by atoms with Gasteiger partial charge in [-0.2, -0.15) is 4.98 Å². The number of pyridine rings is 1. The van der Waals surface area contributed by atoms with Crippen LogP contribution in [-0.4, -0.2) is 38.1 Å². The summed E-state index contributed by atoms with van der Waals surface area (Å²) in [6.07, 6.45) is -0.656. The van der Waals surface area contributed by atoms with Crippen molar-refractivity contribution in [2.45, 2.75) is 19.0 Å². The number of carbonyl (C=O) groups is 1. The average molecular weight is 490 g/mol. The topological polar surface area (TPSA) is 106 Å². The van der Waals surface area contributed by atoms with Crippen LogP contribution in [0, 0.1) is 12.7 Å². The van der Waals surface area contributed by atoms with Crippen LogP contribution in [-0.2, 0) is 0 Å². The minimum absolute atomic E-state index is 0.00466. The Labute approximate surface area is 197 Å². The number of anilines is 1. The number of carbonyl (C=O) groups excluding carboxylic acids is 1. The summed E-state index contributed by atoms with van der Waals surface area (Å²) < 4.78 is 45.9. The summed E-state index contributed by atoms with van der Waals surface area (Å²) >= 11 is 6.03. The number of nitrogens with zero attached hydrogens (tertiary/aromatic N) is 3. The highest BCUT2D eigenvalue weighted by atomic mass is 35.5. The number of fused-ring (bicyclic) bond motifs is 1. The molecule has 0 aliphatic rings. The molecule has 2 aromatic carbocycles. The van der Waals surface area contributed by atoms with Gasteiger partial charge >= 0.3 is 0 Å². The van der Waals surface area contributed by atoms with E-state index in [9.17, 15) is 18.7 Å². The first kappa shape index (κ1) is 23.5. The van der Waals surface area contributed by atoms with Gasteiger partial charge in [0.2, 0.25) is 5.95 Å².